The van der Waals surface area contributed by atoms with Gasteiger partial charge in [0.1, 0.15) is 5.82 Å². The van der Waals surface area contributed by atoms with Gasteiger partial charge in [-0.1, -0.05) is 24.3 Å². The highest BCUT2D eigenvalue weighted by atomic mass is 19.1. The number of carbonyl (C=O) groups is 1. The van der Waals surface area contributed by atoms with Gasteiger partial charge >= 0.3 is 0 Å². The van der Waals surface area contributed by atoms with Crippen LogP contribution in [0.25, 0.3) is 10.9 Å². The summed E-state index contributed by atoms with van der Waals surface area (Å²) in [5, 5.41) is 3.82. The molecule has 0 radical (unpaired) electrons. The van der Waals surface area contributed by atoms with Gasteiger partial charge in [0, 0.05) is 18.5 Å². The molecule has 3 aromatic rings. The molecule has 0 saturated heterocycles. The van der Waals surface area contributed by atoms with E-state index in [9.17, 15) is 14.0 Å². The SMILES string of the molecule is Cc1ccc2cc(CCNC(=O)CCc3cccc(F)c3)c(=O)[nH]c2c1C. The third-order valence-corrected chi connectivity index (χ3v) is 4.87. The number of carbonyl (C=O) groups excluding carboxylic acids is 1. The lowest BCUT2D eigenvalue weighted by Gasteiger charge is -2.09. The number of pyridine rings is 1. The minimum atomic E-state index is -0.297. The predicted octanol–water partition coefficient (Wildman–Crippen LogP) is 3.58. The smallest absolute Gasteiger partial charge is 0.251 e. The lowest BCUT2D eigenvalue weighted by molar-refractivity contribution is -0.121. The highest BCUT2D eigenvalue weighted by Crippen LogP contribution is 2.18. The maximum atomic E-state index is 13.1. The highest BCUT2D eigenvalue weighted by molar-refractivity contribution is 5.83. The molecule has 0 saturated carbocycles. The van der Waals surface area contributed by atoms with Crippen LogP contribution in [-0.4, -0.2) is 17.4 Å². The maximum absolute atomic E-state index is 13.1. The summed E-state index contributed by atoms with van der Waals surface area (Å²) in [7, 11) is 0. The minimum absolute atomic E-state index is 0.108. The Labute approximate surface area is 157 Å². The first-order valence-electron chi connectivity index (χ1n) is 9.07. The lowest BCUT2D eigenvalue weighted by Crippen LogP contribution is -2.27. The summed E-state index contributed by atoms with van der Waals surface area (Å²) in [6.07, 6.45) is 1.23. The summed E-state index contributed by atoms with van der Waals surface area (Å²) in [5.74, 6) is -0.406. The second-order valence-electron chi connectivity index (χ2n) is 6.83. The van der Waals surface area contributed by atoms with Gasteiger partial charge in [0.05, 0.1) is 5.52 Å². The van der Waals surface area contributed by atoms with Crippen LogP contribution in [0.2, 0.25) is 0 Å². The van der Waals surface area contributed by atoms with Gasteiger partial charge in [0.2, 0.25) is 5.91 Å². The number of hydrogen-bond acceptors (Lipinski definition) is 2. The number of aromatic amines is 1. The zero-order valence-electron chi connectivity index (χ0n) is 15.6. The van der Waals surface area contributed by atoms with E-state index in [1.165, 1.54) is 12.1 Å². The highest BCUT2D eigenvalue weighted by Gasteiger charge is 2.08. The van der Waals surface area contributed by atoms with Crippen molar-refractivity contribution in [1.82, 2.24) is 10.3 Å². The molecular formula is C22H23FN2O2. The summed E-state index contributed by atoms with van der Waals surface area (Å²) < 4.78 is 13.1. The van der Waals surface area contributed by atoms with Gasteiger partial charge in [-0.3, -0.25) is 9.59 Å². The van der Waals surface area contributed by atoms with Gasteiger partial charge in [0.15, 0.2) is 0 Å². The molecule has 2 N–H and O–H groups in total. The van der Waals surface area contributed by atoms with E-state index in [2.05, 4.69) is 10.3 Å². The lowest BCUT2D eigenvalue weighted by atomic mass is 10.0. The second kappa shape index (κ2) is 8.16. The number of hydrogen-bond donors (Lipinski definition) is 2. The topological polar surface area (TPSA) is 62.0 Å². The number of H-pyrrole nitrogens is 1. The average Bonchev–Trinajstić information content (AvgIpc) is 2.64. The average molecular weight is 366 g/mol. The van der Waals surface area contributed by atoms with Crippen molar-refractivity contribution < 1.29 is 9.18 Å². The van der Waals surface area contributed by atoms with E-state index in [1.807, 2.05) is 32.0 Å². The van der Waals surface area contributed by atoms with Gasteiger partial charge in [-0.15, -0.1) is 0 Å². The molecular weight excluding hydrogens is 343 g/mol. The van der Waals surface area contributed by atoms with E-state index in [0.29, 0.717) is 24.9 Å². The molecule has 140 valence electrons. The van der Waals surface area contributed by atoms with Crippen LogP contribution in [-0.2, 0) is 17.6 Å². The summed E-state index contributed by atoms with van der Waals surface area (Å²) >= 11 is 0. The van der Waals surface area contributed by atoms with Crippen molar-refractivity contribution in [2.45, 2.75) is 33.1 Å². The Morgan fingerprint density at radius 3 is 2.70 bits per heavy atom. The van der Waals surface area contributed by atoms with Crippen LogP contribution in [0, 0.1) is 19.7 Å². The number of amides is 1. The molecule has 0 aliphatic rings. The standard InChI is InChI=1S/C22H23FN2O2/c1-14-6-8-17-13-18(22(27)25-21(17)15(14)2)10-11-24-20(26)9-7-16-4-3-5-19(23)12-16/h3-6,8,12-13H,7,9-11H2,1-2H3,(H,24,26)(H,25,27). The first-order chi connectivity index (χ1) is 12.9. The Hall–Kier alpha value is -2.95. The summed E-state index contributed by atoms with van der Waals surface area (Å²) in [6.45, 7) is 4.40. The van der Waals surface area contributed by atoms with Crippen molar-refractivity contribution in [3.63, 3.8) is 0 Å². The molecule has 3 rings (SSSR count). The normalized spacial score (nSPS) is 10.9. The number of fused-ring (bicyclic) bond motifs is 1. The Morgan fingerprint density at radius 2 is 1.93 bits per heavy atom. The largest absolute Gasteiger partial charge is 0.356 e. The van der Waals surface area contributed by atoms with Crippen molar-refractivity contribution >= 4 is 16.8 Å². The van der Waals surface area contributed by atoms with E-state index in [-0.39, 0.29) is 23.7 Å². The molecule has 0 unspecified atom stereocenters. The second-order valence-corrected chi connectivity index (χ2v) is 6.83. The van der Waals surface area contributed by atoms with Crippen molar-refractivity contribution in [2.24, 2.45) is 0 Å². The number of benzene rings is 2. The van der Waals surface area contributed by atoms with Crippen LogP contribution in [0.15, 0.2) is 47.3 Å². The molecule has 27 heavy (non-hydrogen) atoms. The van der Waals surface area contributed by atoms with Crippen LogP contribution < -0.4 is 10.9 Å². The van der Waals surface area contributed by atoms with E-state index in [4.69, 9.17) is 0 Å². The summed E-state index contributed by atoms with van der Waals surface area (Å²) in [5.41, 5.74) is 4.39. The maximum Gasteiger partial charge on any atom is 0.251 e. The summed E-state index contributed by atoms with van der Waals surface area (Å²) in [6, 6.07) is 12.2. The van der Waals surface area contributed by atoms with Gasteiger partial charge in [-0.05, 0) is 67.0 Å². The number of aryl methyl sites for hydroxylation is 3. The minimum Gasteiger partial charge on any atom is -0.356 e. The van der Waals surface area contributed by atoms with Crippen LogP contribution in [0.1, 0.15) is 28.7 Å². The number of nitrogens with one attached hydrogen (secondary N) is 2. The van der Waals surface area contributed by atoms with Crippen LogP contribution in [0.4, 0.5) is 4.39 Å². The van der Waals surface area contributed by atoms with Gasteiger partial charge < -0.3 is 10.3 Å². The zero-order valence-corrected chi connectivity index (χ0v) is 15.6. The Balaban J connectivity index is 1.57. The third-order valence-electron chi connectivity index (χ3n) is 4.87. The van der Waals surface area contributed by atoms with E-state index in [0.717, 1.165) is 27.6 Å². The first-order valence-corrected chi connectivity index (χ1v) is 9.07. The molecule has 4 nitrogen and oxygen atoms in total. The van der Waals surface area contributed by atoms with E-state index < -0.39 is 0 Å². The number of halogens is 1. The quantitative estimate of drug-likeness (QED) is 0.700. The summed E-state index contributed by atoms with van der Waals surface area (Å²) in [4.78, 5) is 27.2. The fraction of sp³-hybridized carbons (Fsp3) is 0.273. The molecule has 1 amide bonds. The Morgan fingerprint density at radius 1 is 1.11 bits per heavy atom. The van der Waals surface area contributed by atoms with E-state index in [1.54, 1.807) is 12.1 Å². The van der Waals surface area contributed by atoms with Crippen LogP contribution in [0.3, 0.4) is 0 Å². The van der Waals surface area contributed by atoms with Crippen molar-refractivity contribution in [3.05, 3.63) is 80.9 Å². The Kier molecular flexibility index (Phi) is 5.69. The number of aromatic nitrogens is 1. The van der Waals surface area contributed by atoms with Crippen molar-refractivity contribution in [3.8, 4) is 0 Å². The molecule has 0 aliphatic carbocycles. The third kappa shape index (κ3) is 4.61. The Bertz CT molecular complexity index is 1040. The molecule has 0 atom stereocenters. The van der Waals surface area contributed by atoms with Gasteiger partial charge in [-0.25, -0.2) is 4.39 Å². The molecule has 0 fully saturated rings. The molecule has 0 spiro atoms. The fourth-order valence-corrected chi connectivity index (χ4v) is 3.13. The molecule has 2 aromatic carbocycles. The van der Waals surface area contributed by atoms with Gasteiger partial charge in [0.25, 0.3) is 5.56 Å². The zero-order chi connectivity index (χ0) is 19.4. The van der Waals surface area contributed by atoms with Crippen LogP contribution >= 0.6 is 0 Å². The monoisotopic (exact) mass is 366 g/mol. The molecule has 1 aromatic heterocycles. The number of rotatable bonds is 6. The van der Waals surface area contributed by atoms with E-state index >= 15 is 0 Å². The van der Waals surface area contributed by atoms with Crippen molar-refractivity contribution in [1.29, 1.82) is 0 Å². The molecule has 0 bridgehead atoms. The van der Waals surface area contributed by atoms with Crippen molar-refractivity contribution in [2.75, 3.05) is 6.54 Å². The molecule has 0 aliphatic heterocycles. The molecule has 5 heteroatoms. The fourth-order valence-electron chi connectivity index (χ4n) is 3.13. The predicted molar refractivity (Wildman–Crippen MR) is 105 cm³/mol. The first kappa shape index (κ1) is 18.8. The van der Waals surface area contributed by atoms with Crippen LogP contribution in [0.5, 0.6) is 0 Å². The molecule has 1 heterocycles. The van der Waals surface area contributed by atoms with Gasteiger partial charge in [-0.2, -0.15) is 0 Å².